The number of halogens is 3. The number of nitrogens with one attached hydrogen (secondary N) is 1. The van der Waals surface area contributed by atoms with Crippen LogP contribution in [0.15, 0.2) is 35.1 Å². The highest BCUT2D eigenvalue weighted by Crippen LogP contribution is 2.37. The first-order valence-corrected chi connectivity index (χ1v) is 8.29. The van der Waals surface area contributed by atoms with Gasteiger partial charge in [-0.15, -0.1) is 0 Å². The largest absolute Gasteiger partial charge is 0.391 e. The van der Waals surface area contributed by atoms with Gasteiger partial charge in [0.1, 0.15) is 6.54 Å². The van der Waals surface area contributed by atoms with Crippen LogP contribution in [0.4, 0.5) is 13.2 Å². The lowest BCUT2D eigenvalue weighted by atomic mass is 9.85. The number of tetrazole rings is 1. The number of aromatic nitrogens is 4. The van der Waals surface area contributed by atoms with E-state index in [0.717, 1.165) is 9.36 Å². The number of nitrogens with zero attached hydrogens (tertiary/aromatic N) is 4. The molecule has 0 aliphatic heterocycles. The third-order valence-corrected chi connectivity index (χ3v) is 4.49. The van der Waals surface area contributed by atoms with Crippen LogP contribution in [-0.4, -0.2) is 37.9 Å². The van der Waals surface area contributed by atoms with Gasteiger partial charge < -0.3 is 5.32 Å². The lowest BCUT2D eigenvalue weighted by Gasteiger charge is -2.30. The lowest BCUT2D eigenvalue weighted by molar-refractivity contribution is -0.182. The van der Waals surface area contributed by atoms with E-state index in [1.54, 1.807) is 30.3 Å². The summed E-state index contributed by atoms with van der Waals surface area (Å²) in [5.74, 6) is -1.77. The average molecular weight is 369 g/mol. The highest BCUT2D eigenvalue weighted by molar-refractivity contribution is 5.75. The van der Waals surface area contributed by atoms with Crippen molar-refractivity contribution >= 4 is 5.91 Å². The number of carbonyl (C=O) groups is 1. The fraction of sp³-hybridized carbons (Fsp3) is 0.500. The van der Waals surface area contributed by atoms with E-state index in [-0.39, 0.29) is 38.3 Å². The maximum absolute atomic E-state index is 12.7. The van der Waals surface area contributed by atoms with Crippen molar-refractivity contribution in [2.45, 2.75) is 44.4 Å². The van der Waals surface area contributed by atoms with E-state index in [4.69, 9.17) is 0 Å². The molecule has 1 aromatic carbocycles. The first-order valence-electron chi connectivity index (χ1n) is 8.29. The van der Waals surface area contributed by atoms with Gasteiger partial charge in [0.15, 0.2) is 0 Å². The molecule has 1 fully saturated rings. The molecular weight excluding hydrogens is 351 g/mol. The van der Waals surface area contributed by atoms with E-state index in [2.05, 4.69) is 15.7 Å². The molecule has 1 aliphatic rings. The number of rotatable bonds is 4. The van der Waals surface area contributed by atoms with Crippen molar-refractivity contribution in [3.05, 3.63) is 40.8 Å². The molecule has 0 radical (unpaired) electrons. The van der Waals surface area contributed by atoms with E-state index in [1.165, 1.54) is 0 Å². The van der Waals surface area contributed by atoms with Crippen molar-refractivity contribution in [3.8, 4) is 5.69 Å². The number of hydrogen-bond donors (Lipinski definition) is 1. The fourth-order valence-electron chi connectivity index (χ4n) is 3.08. The molecule has 1 N–H and O–H groups in total. The van der Waals surface area contributed by atoms with Gasteiger partial charge in [-0.3, -0.25) is 4.79 Å². The van der Waals surface area contributed by atoms with Gasteiger partial charge in [-0.1, -0.05) is 18.2 Å². The van der Waals surface area contributed by atoms with Crippen LogP contribution in [0.3, 0.4) is 0 Å². The van der Waals surface area contributed by atoms with Crippen LogP contribution in [-0.2, 0) is 11.3 Å². The summed E-state index contributed by atoms with van der Waals surface area (Å²) >= 11 is 0. The third kappa shape index (κ3) is 4.12. The Morgan fingerprint density at radius 3 is 2.38 bits per heavy atom. The highest BCUT2D eigenvalue weighted by atomic mass is 19.4. The second-order valence-electron chi connectivity index (χ2n) is 6.32. The van der Waals surface area contributed by atoms with Crippen LogP contribution in [0.5, 0.6) is 0 Å². The van der Waals surface area contributed by atoms with Crippen LogP contribution in [0.1, 0.15) is 25.7 Å². The highest BCUT2D eigenvalue weighted by Gasteiger charge is 2.41. The number of amides is 1. The summed E-state index contributed by atoms with van der Waals surface area (Å²) in [5, 5.41) is 10.1. The normalized spacial score (nSPS) is 20.7. The lowest BCUT2D eigenvalue weighted by Crippen LogP contribution is -2.42. The number of para-hydroxylation sites is 1. The zero-order valence-corrected chi connectivity index (χ0v) is 13.8. The molecule has 1 aliphatic carbocycles. The Labute approximate surface area is 146 Å². The smallest absolute Gasteiger partial charge is 0.352 e. The SMILES string of the molecule is O=C(Cn1nnn(-c2ccccc2)c1=O)NC1CCC(C(F)(F)F)CC1. The molecule has 0 atom stereocenters. The number of alkyl halides is 3. The summed E-state index contributed by atoms with van der Waals surface area (Å²) in [6.07, 6.45) is -3.65. The molecule has 10 heteroatoms. The topological polar surface area (TPSA) is 81.8 Å². The van der Waals surface area contributed by atoms with Gasteiger partial charge in [0.2, 0.25) is 5.91 Å². The molecule has 0 bridgehead atoms. The number of hydrogen-bond acceptors (Lipinski definition) is 4. The van der Waals surface area contributed by atoms with Crippen LogP contribution < -0.4 is 11.0 Å². The molecule has 3 rings (SSSR count). The van der Waals surface area contributed by atoms with E-state index >= 15 is 0 Å². The zero-order valence-electron chi connectivity index (χ0n) is 13.8. The van der Waals surface area contributed by atoms with Crippen LogP contribution in [0.25, 0.3) is 5.69 Å². The quantitative estimate of drug-likeness (QED) is 0.889. The zero-order chi connectivity index (χ0) is 18.7. The predicted molar refractivity (Wildman–Crippen MR) is 85.6 cm³/mol. The van der Waals surface area contributed by atoms with Crippen LogP contribution in [0.2, 0.25) is 0 Å². The molecule has 1 heterocycles. The summed E-state index contributed by atoms with van der Waals surface area (Å²) in [5.41, 5.74) is -0.0400. The third-order valence-electron chi connectivity index (χ3n) is 4.49. The molecule has 1 aromatic heterocycles. The minimum absolute atomic E-state index is 0.00140. The van der Waals surface area contributed by atoms with Crippen molar-refractivity contribution in [1.82, 2.24) is 25.1 Å². The van der Waals surface area contributed by atoms with Gasteiger partial charge in [0.25, 0.3) is 0 Å². The maximum atomic E-state index is 12.7. The molecular formula is C16H18F3N5O2. The first-order chi connectivity index (χ1) is 12.3. The Morgan fingerprint density at radius 2 is 1.77 bits per heavy atom. The molecule has 0 spiro atoms. The summed E-state index contributed by atoms with van der Waals surface area (Å²) in [4.78, 5) is 24.3. The molecule has 0 unspecified atom stereocenters. The van der Waals surface area contributed by atoms with Crippen molar-refractivity contribution in [1.29, 1.82) is 0 Å². The van der Waals surface area contributed by atoms with Gasteiger partial charge in [0, 0.05) is 6.04 Å². The number of benzene rings is 1. The summed E-state index contributed by atoms with van der Waals surface area (Å²) in [6, 6.07) is 8.32. The molecule has 7 nitrogen and oxygen atoms in total. The van der Waals surface area contributed by atoms with Crippen molar-refractivity contribution in [2.75, 3.05) is 0 Å². The predicted octanol–water partition coefficient (Wildman–Crippen LogP) is 1.67. The van der Waals surface area contributed by atoms with Crippen molar-refractivity contribution < 1.29 is 18.0 Å². The van der Waals surface area contributed by atoms with Gasteiger partial charge in [-0.25, -0.2) is 4.79 Å². The maximum Gasteiger partial charge on any atom is 0.391 e. The summed E-state index contributed by atoms with van der Waals surface area (Å²) in [7, 11) is 0. The number of carbonyl (C=O) groups excluding carboxylic acids is 1. The molecule has 1 saturated carbocycles. The summed E-state index contributed by atoms with van der Waals surface area (Å²) < 4.78 is 40.0. The van der Waals surface area contributed by atoms with Crippen molar-refractivity contribution in [3.63, 3.8) is 0 Å². The molecule has 2 aromatic rings. The Kier molecular flexibility index (Phi) is 5.10. The van der Waals surface area contributed by atoms with Gasteiger partial charge in [0.05, 0.1) is 11.6 Å². The minimum Gasteiger partial charge on any atom is -0.352 e. The molecule has 1 amide bonds. The fourth-order valence-corrected chi connectivity index (χ4v) is 3.08. The monoisotopic (exact) mass is 369 g/mol. The Bertz CT molecular complexity index is 807. The standard InChI is InChI=1S/C16H18F3N5O2/c17-16(18,19)11-6-8-12(9-7-11)20-14(25)10-23-15(26)24(22-21-23)13-4-2-1-3-5-13/h1-5,11-12H,6-10H2,(H,20,25). The van der Waals surface area contributed by atoms with Crippen molar-refractivity contribution in [2.24, 2.45) is 5.92 Å². The summed E-state index contributed by atoms with van der Waals surface area (Å²) in [6.45, 7) is -0.329. The van der Waals surface area contributed by atoms with Gasteiger partial charge in [-0.2, -0.15) is 22.5 Å². The average Bonchev–Trinajstić information content (AvgIpc) is 2.96. The first kappa shape index (κ1) is 18.2. The van der Waals surface area contributed by atoms with Crippen LogP contribution in [0, 0.1) is 5.92 Å². The van der Waals surface area contributed by atoms with Gasteiger partial charge >= 0.3 is 11.9 Å². The second kappa shape index (κ2) is 7.30. The molecule has 140 valence electrons. The Hall–Kier alpha value is -2.65. The minimum atomic E-state index is -4.18. The van der Waals surface area contributed by atoms with Gasteiger partial charge in [-0.05, 0) is 48.2 Å². The van der Waals surface area contributed by atoms with E-state index in [0.29, 0.717) is 5.69 Å². The van der Waals surface area contributed by atoms with E-state index < -0.39 is 23.7 Å². The van der Waals surface area contributed by atoms with Crippen LogP contribution >= 0.6 is 0 Å². The van der Waals surface area contributed by atoms with E-state index in [9.17, 15) is 22.8 Å². The van der Waals surface area contributed by atoms with E-state index in [1.807, 2.05) is 0 Å². The second-order valence-corrected chi connectivity index (χ2v) is 6.32. The molecule has 26 heavy (non-hydrogen) atoms. The Morgan fingerprint density at radius 1 is 1.12 bits per heavy atom. The molecule has 0 saturated heterocycles. The Balaban J connectivity index is 1.57.